The van der Waals surface area contributed by atoms with Gasteiger partial charge in [0.25, 0.3) is 0 Å². The van der Waals surface area contributed by atoms with Crippen LogP contribution in [0.25, 0.3) is 0 Å². The normalized spacial score (nSPS) is 17.8. The van der Waals surface area contributed by atoms with Gasteiger partial charge in [0.2, 0.25) is 5.91 Å². The van der Waals surface area contributed by atoms with Gasteiger partial charge in [-0.25, -0.2) is 0 Å². The van der Waals surface area contributed by atoms with Gasteiger partial charge < -0.3 is 21.1 Å². The lowest BCUT2D eigenvalue weighted by atomic mass is 10.3. The van der Waals surface area contributed by atoms with Crippen molar-refractivity contribution in [3.05, 3.63) is 0 Å². The van der Waals surface area contributed by atoms with E-state index < -0.39 is 12.0 Å². The molecule has 1 aliphatic heterocycles. The van der Waals surface area contributed by atoms with E-state index in [1.807, 2.05) is 0 Å². The number of carboxylic acid groups (broad SMARTS) is 1. The number of hydrogen-bond acceptors (Lipinski definition) is 4. The monoisotopic (exact) mass is 215 g/mol. The molecule has 1 amide bonds. The number of amides is 1. The lowest BCUT2D eigenvalue weighted by Gasteiger charge is -2.16. The summed E-state index contributed by atoms with van der Waals surface area (Å²) in [6, 6.07) is -0.948. The van der Waals surface area contributed by atoms with Crippen molar-refractivity contribution in [2.45, 2.75) is 18.9 Å². The molecule has 0 aromatic carbocycles. The van der Waals surface area contributed by atoms with Gasteiger partial charge in [-0.05, 0) is 12.8 Å². The Kier molecular flexibility index (Phi) is 4.51. The summed E-state index contributed by atoms with van der Waals surface area (Å²) in [5.74, 6) is -1.04. The first-order chi connectivity index (χ1) is 7.11. The quantitative estimate of drug-likeness (QED) is 0.525. The van der Waals surface area contributed by atoms with Crippen molar-refractivity contribution < 1.29 is 14.7 Å². The number of aliphatic carboxylic acids is 1. The number of nitrogens with zero attached hydrogens (tertiary/aromatic N) is 1. The highest BCUT2D eigenvalue weighted by atomic mass is 16.4. The van der Waals surface area contributed by atoms with Crippen LogP contribution in [0.15, 0.2) is 0 Å². The molecule has 6 nitrogen and oxygen atoms in total. The number of hydrogen-bond donors (Lipinski definition) is 3. The summed E-state index contributed by atoms with van der Waals surface area (Å²) in [6.45, 7) is 1.91. The summed E-state index contributed by atoms with van der Waals surface area (Å²) in [4.78, 5) is 23.6. The molecule has 0 bridgehead atoms. The van der Waals surface area contributed by atoms with Crippen LogP contribution in [0, 0.1) is 0 Å². The summed E-state index contributed by atoms with van der Waals surface area (Å²) in [6.07, 6.45) is 2.11. The van der Waals surface area contributed by atoms with Crippen molar-refractivity contribution in [2.24, 2.45) is 5.73 Å². The van der Waals surface area contributed by atoms with Crippen LogP contribution in [-0.2, 0) is 9.59 Å². The van der Waals surface area contributed by atoms with Gasteiger partial charge in [0.1, 0.15) is 6.04 Å². The summed E-state index contributed by atoms with van der Waals surface area (Å²) in [5.41, 5.74) is 5.27. The van der Waals surface area contributed by atoms with Gasteiger partial charge in [0.15, 0.2) is 0 Å². The van der Waals surface area contributed by atoms with Gasteiger partial charge in [-0.15, -0.1) is 0 Å². The topological polar surface area (TPSA) is 95.7 Å². The first kappa shape index (κ1) is 11.9. The highest BCUT2D eigenvalue weighted by Crippen LogP contribution is 2.06. The lowest BCUT2D eigenvalue weighted by molar-refractivity contribution is -0.138. The van der Waals surface area contributed by atoms with Crippen molar-refractivity contribution in [3.8, 4) is 0 Å². The predicted molar refractivity (Wildman–Crippen MR) is 54.3 cm³/mol. The minimum atomic E-state index is -1.06. The summed E-state index contributed by atoms with van der Waals surface area (Å²) < 4.78 is 0. The third kappa shape index (κ3) is 3.85. The molecule has 15 heavy (non-hydrogen) atoms. The van der Waals surface area contributed by atoms with Crippen LogP contribution >= 0.6 is 0 Å². The molecule has 1 saturated heterocycles. The van der Waals surface area contributed by atoms with Gasteiger partial charge in [-0.1, -0.05) is 0 Å². The SMILES string of the molecule is NC(CNCC(=O)N1CCCC1)C(=O)O. The average Bonchev–Trinajstić information content (AvgIpc) is 2.70. The molecule has 1 fully saturated rings. The molecule has 6 heteroatoms. The molecule has 86 valence electrons. The van der Waals surface area contributed by atoms with Crippen molar-refractivity contribution in [1.82, 2.24) is 10.2 Å². The zero-order valence-corrected chi connectivity index (χ0v) is 8.61. The Hall–Kier alpha value is -1.14. The predicted octanol–water partition coefficient (Wildman–Crippen LogP) is -1.39. The molecule has 0 saturated carbocycles. The van der Waals surface area contributed by atoms with Gasteiger partial charge in [-0.3, -0.25) is 9.59 Å². The fourth-order valence-electron chi connectivity index (χ4n) is 1.50. The molecular weight excluding hydrogens is 198 g/mol. The maximum atomic E-state index is 11.5. The fourth-order valence-corrected chi connectivity index (χ4v) is 1.50. The van der Waals surface area contributed by atoms with Crippen LogP contribution in [0.2, 0.25) is 0 Å². The number of carbonyl (C=O) groups is 2. The third-order valence-electron chi connectivity index (χ3n) is 2.42. The fraction of sp³-hybridized carbons (Fsp3) is 0.778. The molecule has 0 aromatic heterocycles. The van der Waals surface area contributed by atoms with Crippen LogP contribution in [0.1, 0.15) is 12.8 Å². The van der Waals surface area contributed by atoms with E-state index in [4.69, 9.17) is 10.8 Å². The lowest BCUT2D eigenvalue weighted by Crippen LogP contribution is -2.44. The Labute approximate surface area is 88.4 Å². The van der Waals surface area contributed by atoms with Crippen LogP contribution < -0.4 is 11.1 Å². The largest absolute Gasteiger partial charge is 0.480 e. The molecule has 4 N–H and O–H groups in total. The van der Waals surface area contributed by atoms with Crippen LogP contribution in [0.3, 0.4) is 0 Å². The van der Waals surface area contributed by atoms with E-state index in [0.29, 0.717) is 0 Å². The average molecular weight is 215 g/mol. The first-order valence-electron chi connectivity index (χ1n) is 5.08. The van der Waals surface area contributed by atoms with Crippen molar-refractivity contribution in [3.63, 3.8) is 0 Å². The van der Waals surface area contributed by atoms with Gasteiger partial charge in [0.05, 0.1) is 6.54 Å². The van der Waals surface area contributed by atoms with E-state index >= 15 is 0 Å². The number of likely N-dealkylation sites (tertiary alicyclic amines) is 1. The summed E-state index contributed by atoms with van der Waals surface area (Å²) >= 11 is 0. The molecule has 0 radical (unpaired) electrons. The molecule has 1 heterocycles. The minimum Gasteiger partial charge on any atom is -0.480 e. The standard InChI is InChI=1S/C9H17N3O3/c10-7(9(14)15)5-11-6-8(13)12-3-1-2-4-12/h7,11H,1-6,10H2,(H,14,15). The molecular formula is C9H17N3O3. The van der Waals surface area contributed by atoms with Crippen LogP contribution in [-0.4, -0.2) is 54.1 Å². The second-order valence-electron chi connectivity index (χ2n) is 3.66. The maximum Gasteiger partial charge on any atom is 0.321 e. The van der Waals surface area contributed by atoms with Crippen LogP contribution in [0.4, 0.5) is 0 Å². The Balaban J connectivity index is 2.14. The number of rotatable bonds is 5. The second-order valence-corrected chi connectivity index (χ2v) is 3.66. The molecule has 0 aliphatic carbocycles. The maximum absolute atomic E-state index is 11.5. The molecule has 1 rings (SSSR count). The molecule has 1 unspecified atom stereocenters. The van der Waals surface area contributed by atoms with E-state index in [1.54, 1.807) is 4.90 Å². The highest BCUT2D eigenvalue weighted by Gasteiger charge is 2.18. The van der Waals surface area contributed by atoms with E-state index in [1.165, 1.54) is 0 Å². The zero-order valence-electron chi connectivity index (χ0n) is 8.61. The van der Waals surface area contributed by atoms with Crippen molar-refractivity contribution in [2.75, 3.05) is 26.2 Å². The van der Waals surface area contributed by atoms with E-state index in [-0.39, 0.29) is 19.0 Å². The Morgan fingerprint density at radius 1 is 1.40 bits per heavy atom. The van der Waals surface area contributed by atoms with Gasteiger partial charge in [0, 0.05) is 19.6 Å². The number of carbonyl (C=O) groups excluding carboxylic acids is 1. The summed E-state index contributed by atoms with van der Waals surface area (Å²) in [5, 5.41) is 11.2. The molecule has 0 spiro atoms. The number of nitrogens with two attached hydrogens (primary N) is 1. The van der Waals surface area contributed by atoms with Crippen molar-refractivity contribution >= 4 is 11.9 Å². The number of nitrogens with one attached hydrogen (secondary N) is 1. The Bertz CT molecular complexity index is 239. The molecule has 1 atom stereocenters. The van der Waals surface area contributed by atoms with E-state index in [2.05, 4.69) is 5.32 Å². The van der Waals surface area contributed by atoms with Gasteiger partial charge >= 0.3 is 5.97 Å². The van der Waals surface area contributed by atoms with E-state index in [9.17, 15) is 9.59 Å². The van der Waals surface area contributed by atoms with Gasteiger partial charge in [-0.2, -0.15) is 0 Å². The van der Waals surface area contributed by atoms with Crippen molar-refractivity contribution in [1.29, 1.82) is 0 Å². The Morgan fingerprint density at radius 2 is 2.00 bits per heavy atom. The smallest absolute Gasteiger partial charge is 0.321 e. The molecule has 1 aliphatic rings. The zero-order chi connectivity index (χ0) is 11.3. The van der Waals surface area contributed by atoms with Crippen LogP contribution in [0.5, 0.6) is 0 Å². The number of carboxylic acids is 1. The third-order valence-corrected chi connectivity index (χ3v) is 2.42. The summed E-state index contributed by atoms with van der Waals surface area (Å²) in [7, 11) is 0. The van der Waals surface area contributed by atoms with E-state index in [0.717, 1.165) is 25.9 Å². The second kappa shape index (κ2) is 5.67. The minimum absolute atomic E-state index is 0.0186. The Morgan fingerprint density at radius 3 is 2.53 bits per heavy atom. The first-order valence-corrected chi connectivity index (χ1v) is 5.08. The highest BCUT2D eigenvalue weighted by molar-refractivity contribution is 5.78. The molecule has 0 aromatic rings.